The summed E-state index contributed by atoms with van der Waals surface area (Å²) in [5.41, 5.74) is 3.88. The van der Waals surface area contributed by atoms with Gasteiger partial charge in [-0.2, -0.15) is 0 Å². The van der Waals surface area contributed by atoms with Crippen molar-refractivity contribution >= 4 is 17.5 Å². The van der Waals surface area contributed by atoms with Gasteiger partial charge in [0, 0.05) is 17.1 Å². The molecule has 0 bridgehead atoms. The number of ether oxygens (including phenoxy) is 1. The number of aliphatic hydroxyl groups is 3. The van der Waals surface area contributed by atoms with Gasteiger partial charge in [-0.1, -0.05) is 18.8 Å². The number of hydrogen-bond acceptors (Lipinski definition) is 9. The first-order valence-electron chi connectivity index (χ1n) is 13.5. The Morgan fingerprint density at radius 1 is 1.14 bits per heavy atom. The zero-order valence-corrected chi connectivity index (χ0v) is 23.7. The number of allylic oxidation sites excluding steroid dienone is 1. The lowest BCUT2D eigenvalue weighted by atomic mass is 9.58. The van der Waals surface area contributed by atoms with Crippen LogP contribution in [-0.2, 0) is 22.4 Å². The van der Waals surface area contributed by atoms with E-state index in [0.29, 0.717) is 23.3 Å². The first kappa shape index (κ1) is 28.9. The van der Waals surface area contributed by atoms with Crippen LogP contribution in [0.15, 0.2) is 53.0 Å². The van der Waals surface area contributed by atoms with Crippen molar-refractivity contribution in [3.63, 3.8) is 0 Å². The number of carbonyl (C=O) groups excluding carboxylic acids is 3. The molecular weight excluding hydrogens is 540 g/mol. The molecule has 4 atom stereocenters. The van der Waals surface area contributed by atoms with Gasteiger partial charge in [0.25, 0.3) is 5.91 Å². The maximum atomic E-state index is 14.0. The number of aryl methyl sites for hydroxylation is 1. The van der Waals surface area contributed by atoms with E-state index >= 15 is 0 Å². The SMILES string of the molecule is CCc1cc(C#Cc2ccc(OC)cc2)c(O)c2c1C[C@H]1C[C@H]3[C@H](N(C)C)C(O)=C(C(N)=O)C(=O)[C@@]3(O)C(O)=C1C2=O. The summed E-state index contributed by atoms with van der Waals surface area (Å²) >= 11 is 0. The minimum atomic E-state index is -2.68. The van der Waals surface area contributed by atoms with Crippen molar-refractivity contribution in [1.82, 2.24) is 4.90 Å². The van der Waals surface area contributed by atoms with Crippen molar-refractivity contribution in [2.45, 2.75) is 37.8 Å². The van der Waals surface area contributed by atoms with Crippen molar-refractivity contribution in [1.29, 1.82) is 0 Å². The molecule has 0 radical (unpaired) electrons. The van der Waals surface area contributed by atoms with Crippen molar-refractivity contribution in [2.75, 3.05) is 21.2 Å². The van der Waals surface area contributed by atoms with E-state index in [1.54, 1.807) is 51.5 Å². The molecule has 0 saturated heterocycles. The van der Waals surface area contributed by atoms with Crippen LogP contribution in [0.2, 0.25) is 0 Å². The fourth-order valence-electron chi connectivity index (χ4n) is 6.62. The van der Waals surface area contributed by atoms with Gasteiger partial charge < -0.3 is 30.9 Å². The number of ketones is 2. The van der Waals surface area contributed by atoms with Crippen LogP contribution in [0.3, 0.4) is 0 Å². The molecule has 0 aliphatic heterocycles. The minimum absolute atomic E-state index is 0.0364. The number of amides is 1. The van der Waals surface area contributed by atoms with Crippen LogP contribution < -0.4 is 10.5 Å². The van der Waals surface area contributed by atoms with Crippen LogP contribution in [0.4, 0.5) is 0 Å². The Balaban J connectivity index is 1.66. The van der Waals surface area contributed by atoms with Crippen molar-refractivity contribution in [3.8, 4) is 23.3 Å². The van der Waals surface area contributed by atoms with Gasteiger partial charge in [0.2, 0.25) is 5.78 Å². The number of aliphatic hydroxyl groups excluding tert-OH is 2. The lowest BCUT2D eigenvalue weighted by molar-refractivity contribution is -0.148. The van der Waals surface area contributed by atoms with Crippen LogP contribution in [0, 0.1) is 23.7 Å². The summed E-state index contributed by atoms with van der Waals surface area (Å²) < 4.78 is 5.17. The van der Waals surface area contributed by atoms with Crippen LogP contribution in [-0.4, -0.2) is 75.6 Å². The van der Waals surface area contributed by atoms with E-state index in [-0.39, 0.29) is 35.3 Å². The highest BCUT2D eigenvalue weighted by Gasteiger charge is 2.63. The van der Waals surface area contributed by atoms with Crippen LogP contribution in [0.1, 0.15) is 46.0 Å². The van der Waals surface area contributed by atoms with E-state index in [9.17, 15) is 34.8 Å². The molecule has 0 heterocycles. The molecule has 42 heavy (non-hydrogen) atoms. The van der Waals surface area contributed by atoms with Gasteiger partial charge in [-0.3, -0.25) is 19.3 Å². The maximum absolute atomic E-state index is 14.0. The Morgan fingerprint density at radius 3 is 2.38 bits per heavy atom. The van der Waals surface area contributed by atoms with Gasteiger partial charge in [-0.25, -0.2) is 0 Å². The van der Waals surface area contributed by atoms with Crippen molar-refractivity contribution < 1.29 is 39.5 Å². The Morgan fingerprint density at radius 2 is 1.81 bits per heavy atom. The quantitative estimate of drug-likeness (QED) is 0.272. The van der Waals surface area contributed by atoms with Gasteiger partial charge in [-0.05, 0) is 80.7 Å². The molecular formula is C32H32N2O8. The van der Waals surface area contributed by atoms with E-state index in [4.69, 9.17) is 10.5 Å². The first-order valence-corrected chi connectivity index (χ1v) is 13.5. The third-order valence-corrected chi connectivity index (χ3v) is 8.63. The molecule has 2 aromatic carbocycles. The summed E-state index contributed by atoms with van der Waals surface area (Å²) in [6.07, 6.45) is 0.800. The molecule has 0 aromatic heterocycles. The number of likely N-dealkylation sites (N-methyl/N-ethyl adjacent to an activating group) is 1. The molecule has 0 fully saturated rings. The number of aromatic hydroxyl groups is 1. The summed E-state index contributed by atoms with van der Waals surface area (Å²) in [6.45, 7) is 1.91. The fraction of sp³-hybridized carbons (Fsp3) is 0.344. The molecule has 0 spiro atoms. The number of phenols is 1. The molecule has 0 unspecified atom stereocenters. The molecule has 2 aromatic rings. The molecule has 6 N–H and O–H groups in total. The lowest BCUT2D eigenvalue weighted by Crippen LogP contribution is -2.63. The van der Waals surface area contributed by atoms with Crippen LogP contribution >= 0.6 is 0 Å². The highest BCUT2D eigenvalue weighted by atomic mass is 16.5. The summed E-state index contributed by atoms with van der Waals surface area (Å²) in [7, 11) is 4.74. The molecule has 1 amide bonds. The average Bonchev–Trinajstić information content (AvgIpc) is 2.94. The molecule has 0 saturated carbocycles. The Hall–Kier alpha value is -4.59. The third kappa shape index (κ3) is 4.16. The average molecular weight is 573 g/mol. The van der Waals surface area contributed by atoms with Crippen LogP contribution in [0.5, 0.6) is 11.5 Å². The van der Waals surface area contributed by atoms with E-state index in [2.05, 4.69) is 11.8 Å². The van der Waals surface area contributed by atoms with Gasteiger partial charge in [0.05, 0.1) is 24.3 Å². The number of fused-ring (bicyclic) bond motifs is 3. The van der Waals surface area contributed by atoms with Crippen molar-refractivity contribution in [2.24, 2.45) is 17.6 Å². The largest absolute Gasteiger partial charge is 0.510 e. The lowest BCUT2D eigenvalue weighted by Gasteiger charge is -2.50. The number of phenolic OH excluding ortho intramolecular Hbond substituents is 1. The number of methoxy groups -OCH3 is 1. The Labute approximate surface area is 242 Å². The fourth-order valence-corrected chi connectivity index (χ4v) is 6.62. The van der Waals surface area contributed by atoms with Crippen molar-refractivity contribution in [3.05, 3.63) is 80.8 Å². The van der Waals surface area contributed by atoms with E-state index in [1.807, 2.05) is 6.92 Å². The van der Waals surface area contributed by atoms with Gasteiger partial charge in [0.1, 0.15) is 28.6 Å². The van der Waals surface area contributed by atoms with Gasteiger partial charge in [-0.15, -0.1) is 0 Å². The predicted molar refractivity (Wildman–Crippen MR) is 152 cm³/mol. The number of benzene rings is 2. The molecule has 10 heteroatoms. The smallest absolute Gasteiger partial charge is 0.255 e. The third-order valence-electron chi connectivity index (χ3n) is 8.63. The Bertz CT molecular complexity index is 1660. The van der Waals surface area contributed by atoms with E-state index in [1.165, 1.54) is 4.90 Å². The van der Waals surface area contributed by atoms with E-state index in [0.717, 1.165) is 5.56 Å². The molecule has 5 rings (SSSR count). The number of primary amides is 1. The summed E-state index contributed by atoms with van der Waals surface area (Å²) in [5.74, 6) is -0.254. The van der Waals surface area contributed by atoms with E-state index < -0.39 is 58.0 Å². The number of nitrogens with two attached hydrogens (primary N) is 1. The number of carbonyl (C=O) groups is 3. The summed E-state index contributed by atoms with van der Waals surface area (Å²) in [5, 5.41) is 45.4. The molecule has 3 aliphatic carbocycles. The Kier molecular flexibility index (Phi) is 7.13. The van der Waals surface area contributed by atoms with Crippen LogP contribution in [0.25, 0.3) is 0 Å². The molecule has 218 valence electrons. The number of hydrogen-bond donors (Lipinski definition) is 5. The highest BCUT2D eigenvalue weighted by molar-refractivity contribution is 6.24. The summed E-state index contributed by atoms with van der Waals surface area (Å²) in [6, 6.07) is 7.72. The predicted octanol–water partition coefficient (Wildman–Crippen LogP) is 2.09. The second-order valence-corrected chi connectivity index (χ2v) is 11.1. The normalized spacial score (nSPS) is 25.0. The number of rotatable bonds is 4. The zero-order chi connectivity index (χ0) is 30.7. The monoisotopic (exact) mass is 572 g/mol. The standard InChI is InChI=1S/C32H32N2O8/c1-5-16-12-17(9-6-15-7-10-19(42-4)11-8-15)26(35)23-20(16)13-18-14-21-25(34(2)3)28(37)24(31(33)40)30(39)32(21,41)29(38)22(18)27(23)36/h7-8,10-12,18,21,25,35,37-38,41H,5,13-14H2,1-4H3,(H2,33,40)/t18-,21-,25-,32-/m0/s1. The number of nitrogens with zero attached hydrogens (tertiary/aromatic N) is 1. The van der Waals surface area contributed by atoms with Gasteiger partial charge >= 0.3 is 0 Å². The second kappa shape index (κ2) is 10.4. The zero-order valence-electron chi connectivity index (χ0n) is 23.7. The highest BCUT2D eigenvalue weighted by Crippen LogP contribution is 2.52. The minimum Gasteiger partial charge on any atom is -0.510 e. The topological polar surface area (TPSA) is 171 Å². The number of Topliss-reactive ketones (excluding diaryl/α,β-unsaturated/α-hetero) is 2. The maximum Gasteiger partial charge on any atom is 0.255 e. The molecule has 3 aliphatic rings. The molecule has 10 nitrogen and oxygen atoms in total. The van der Waals surface area contributed by atoms with Gasteiger partial charge in [0.15, 0.2) is 11.4 Å². The summed E-state index contributed by atoms with van der Waals surface area (Å²) in [4.78, 5) is 41.2. The second-order valence-electron chi connectivity index (χ2n) is 11.1. The first-order chi connectivity index (χ1) is 19.9.